The lowest BCUT2D eigenvalue weighted by Crippen LogP contribution is -2.45. The van der Waals surface area contributed by atoms with Crippen molar-refractivity contribution < 1.29 is 19.1 Å². The number of amides is 1. The summed E-state index contributed by atoms with van der Waals surface area (Å²) >= 11 is 0. The molecule has 2 aromatic rings. The number of nitrogens with one attached hydrogen (secondary N) is 1. The molecule has 0 aliphatic rings. The molecule has 0 fully saturated rings. The van der Waals surface area contributed by atoms with Crippen LogP contribution in [0.1, 0.15) is 36.7 Å². The maximum atomic E-state index is 13.0. The van der Waals surface area contributed by atoms with Crippen molar-refractivity contribution in [1.82, 2.24) is 4.90 Å². The summed E-state index contributed by atoms with van der Waals surface area (Å²) in [6.45, 7) is 6.51. The Hall–Kier alpha value is -2.73. The number of carbonyl (C=O) groups excluding carboxylic acids is 1. The molecule has 0 aliphatic carbocycles. The smallest absolute Gasteiger partial charge is 0.335 e. The zero-order chi connectivity index (χ0) is 19.3. The molecule has 0 heterocycles. The normalized spacial score (nSPS) is 11.4. The van der Waals surface area contributed by atoms with Crippen LogP contribution in [0.5, 0.6) is 0 Å². The molecule has 0 saturated carbocycles. The summed E-state index contributed by atoms with van der Waals surface area (Å²) in [5.41, 5.74) is 1.25. The van der Waals surface area contributed by atoms with Crippen molar-refractivity contribution in [3.8, 4) is 0 Å². The number of nitrogens with zero attached hydrogens (tertiary/aromatic N) is 1. The van der Waals surface area contributed by atoms with Crippen molar-refractivity contribution in [1.29, 1.82) is 0 Å². The number of hydrogen-bond acceptors (Lipinski definition) is 3. The molecule has 2 rings (SSSR count). The molecule has 0 aromatic heterocycles. The Balaban J connectivity index is 2.10. The maximum Gasteiger partial charge on any atom is 0.335 e. The molecule has 26 heavy (non-hydrogen) atoms. The van der Waals surface area contributed by atoms with E-state index >= 15 is 0 Å². The van der Waals surface area contributed by atoms with Crippen molar-refractivity contribution in [3.05, 3.63) is 65.5 Å². The second kappa shape index (κ2) is 8.10. The van der Waals surface area contributed by atoms with E-state index in [1.165, 1.54) is 30.3 Å². The third-order valence-corrected chi connectivity index (χ3v) is 3.96. The summed E-state index contributed by atoms with van der Waals surface area (Å²) in [5.74, 6) is -1.57. The molecule has 6 heteroatoms. The fraction of sp³-hybridized carbons (Fsp3) is 0.300. The van der Waals surface area contributed by atoms with Crippen LogP contribution in [0.4, 0.5) is 10.1 Å². The molecule has 0 bridgehead atoms. The highest BCUT2D eigenvalue weighted by Crippen LogP contribution is 2.18. The van der Waals surface area contributed by atoms with E-state index in [4.69, 9.17) is 5.11 Å². The van der Waals surface area contributed by atoms with E-state index < -0.39 is 5.97 Å². The fourth-order valence-electron chi connectivity index (χ4n) is 2.46. The molecule has 5 nitrogen and oxygen atoms in total. The number of carbonyl (C=O) groups is 2. The number of halogens is 1. The van der Waals surface area contributed by atoms with Gasteiger partial charge in [0, 0.05) is 17.8 Å². The van der Waals surface area contributed by atoms with E-state index in [9.17, 15) is 14.0 Å². The van der Waals surface area contributed by atoms with Crippen LogP contribution >= 0.6 is 0 Å². The number of hydrogen-bond donors (Lipinski definition) is 2. The van der Waals surface area contributed by atoms with Crippen LogP contribution in [0.2, 0.25) is 0 Å². The standard InChI is InChI=1S/C20H23FN2O3/c1-20(2,3)23(12-14-5-4-6-15(11-14)19(25)26)13-18(24)22-17-9-7-16(21)8-10-17/h4-11H,12-13H2,1-3H3,(H,22,24)(H,25,26). The average molecular weight is 358 g/mol. The molecule has 1 amide bonds. The molecule has 0 aliphatic heterocycles. The van der Waals surface area contributed by atoms with Gasteiger partial charge in [0.1, 0.15) is 5.82 Å². The predicted octanol–water partition coefficient (Wildman–Crippen LogP) is 3.76. The predicted molar refractivity (Wildman–Crippen MR) is 98.6 cm³/mol. The zero-order valence-corrected chi connectivity index (χ0v) is 15.1. The molecular weight excluding hydrogens is 335 g/mol. The first-order valence-corrected chi connectivity index (χ1v) is 8.28. The summed E-state index contributed by atoms with van der Waals surface area (Å²) in [4.78, 5) is 25.5. The van der Waals surface area contributed by atoms with Gasteiger partial charge < -0.3 is 10.4 Å². The van der Waals surface area contributed by atoms with Crippen LogP contribution in [0.25, 0.3) is 0 Å². The third kappa shape index (κ3) is 5.67. The van der Waals surface area contributed by atoms with Crippen LogP contribution in [0.15, 0.2) is 48.5 Å². The Morgan fingerprint density at radius 3 is 2.35 bits per heavy atom. The average Bonchev–Trinajstić information content (AvgIpc) is 2.56. The van der Waals surface area contributed by atoms with Crippen molar-refractivity contribution in [2.24, 2.45) is 0 Å². The van der Waals surface area contributed by atoms with Gasteiger partial charge >= 0.3 is 5.97 Å². The quantitative estimate of drug-likeness (QED) is 0.825. The van der Waals surface area contributed by atoms with Crippen LogP contribution in [-0.2, 0) is 11.3 Å². The lowest BCUT2D eigenvalue weighted by Gasteiger charge is -2.35. The zero-order valence-electron chi connectivity index (χ0n) is 15.1. The summed E-state index contributed by atoms with van der Waals surface area (Å²) in [7, 11) is 0. The lowest BCUT2D eigenvalue weighted by atomic mass is 10.0. The second-order valence-corrected chi connectivity index (χ2v) is 7.09. The van der Waals surface area contributed by atoms with Gasteiger partial charge in [0.05, 0.1) is 12.1 Å². The van der Waals surface area contributed by atoms with Gasteiger partial charge in [-0.05, 0) is 62.7 Å². The monoisotopic (exact) mass is 358 g/mol. The highest BCUT2D eigenvalue weighted by atomic mass is 19.1. The van der Waals surface area contributed by atoms with Gasteiger partial charge in [-0.15, -0.1) is 0 Å². The molecule has 0 saturated heterocycles. The maximum absolute atomic E-state index is 13.0. The van der Waals surface area contributed by atoms with Crippen molar-refractivity contribution in [3.63, 3.8) is 0 Å². The van der Waals surface area contributed by atoms with E-state index in [-0.39, 0.29) is 29.4 Å². The van der Waals surface area contributed by atoms with E-state index in [0.717, 1.165) is 5.56 Å². The Morgan fingerprint density at radius 1 is 1.12 bits per heavy atom. The van der Waals surface area contributed by atoms with Gasteiger partial charge in [-0.3, -0.25) is 9.69 Å². The Kier molecular flexibility index (Phi) is 6.10. The molecule has 138 valence electrons. The topological polar surface area (TPSA) is 69.6 Å². The van der Waals surface area contributed by atoms with Crippen molar-refractivity contribution in [2.45, 2.75) is 32.9 Å². The molecule has 0 atom stereocenters. The molecule has 2 N–H and O–H groups in total. The Labute approximate surface area is 152 Å². The van der Waals surface area contributed by atoms with E-state index in [0.29, 0.717) is 12.2 Å². The molecule has 0 radical (unpaired) electrons. The number of aromatic carboxylic acids is 1. The van der Waals surface area contributed by atoms with Gasteiger partial charge in [-0.25, -0.2) is 9.18 Å². The lowest BCUT2D eigenvalue weighted by molar-refractivity contribution is -0.118. The highest BCUT2D eigenvalue weighted by Gasteiger charge is 2.24. The van der Waals surface area contributed by atoms with Gasteiger partial charge in [-0.2, -0.15) is 0 Å². The number of carboxylic acid groups (broad SMARTS) is 1. The summed E-state index contributed by atoms with van der Waals surface area (Å²) in [6.07, 6.45) is 0. The highest BCUT2D eigenvalue weighted by molar-refractivity contribution is 5.92. The molecule has 0 spiro atoms. The summed E-state index contributed by atoms with van der Waals surface area (Å²) in [5, 5.41) is 11.9. The first kappa shape index (κ1) is 19.6. The van der Waals surface area contributed by atoms with E-state index in [1.54, 1.807) is 12.1 Å². The van der Waals surface area contributed by atoms with E-state index in [1.807, 2.05) is 31.7 Å². The van der Waals surface area contributed by atoms with Crippen LogP contribution in [-0.4, -0.2) is 34.0 Å². The number of carboxylic acids is 1. The minimum absolute atomic E-state index is 0.123. The molecule has 2 aromatic carbocycles. The second-order valence-electron chi connectivity index (χ2n) is 7.09. The first-order valence-electron chi connectivity index (χ1n) is 8.28. The van der Waals surface area contributed by atoms with Crippen LogP contribution < -0.4 is 5.32 Å². The number of anilines is 1. The summed E-state index contributed by atoms with van der Waals surface area (Å²) < 4.78 is 13.0. The van der Waals surface area contributed by atoms with Gasteiger partial charge in [0.25, 0.3) is 0 Å². The van der Waals surface area contributed by atoms with Gasteiger partial charge in [0.15, 0.2) is 0 Å². The number of benzene rings is 2. The van der Waals surface area contributed by atoms with Crippen LogP contribution in [0, 0.1) is 5.82 Å². The van der Waals surface area contributed by atoms with Gasteiger partial charge in [0.2, 0.25) is 5.91 Å². The number of rotatable bonds is 6. The molecule has 0 unspecified atom stereocenters. The van der Waals surface area contributed by atoms with Crippen LogP contribution in [0.3, 0.4) is 0 Å². The largest absolute Gasteiger partial charge is 0.478 e. The first-order chi connectivity index (χ1) is 12.1. The fourth-order valence-corrected chi connectivity index (χ4v) is 2.46. The Morgan fingerprint density at radius 2 is 1.77 bits per heavy atom. The molecular formula is C20H23FN2O3. The minimum atomic E-state index is -0.983. The van der Waals surface area contributed by atoms with E-state index in [2.05, 4.69) is 5.32 Å². The summed E-state index contributed by atoms with van der Waals surface area (Å²) in [6, 6.07) is 12.3. The van der Waals surface area contributed by atoms with Gasteiger partial charge in [-0.1, -0.05) is 12.1 Å². The minimum Gasteiger partial charge on any atom is -0.478 e. The third-order valence-electron chi connectivity index (χ3n) is 3.96. The Bertz CT molecular complexity index is 782. The van der Waals surface area contributed by atoms with Crippen molar-refractivity contribution >= 4 is 17.6 Å². The SMILES string of the molecule is CC(C)(C)N(CC(=O)Nc1ccc(F)cc1)Cc1cccc(C(=O)O)c1. The van der Waals surface area contributed by atoms with Crippen molar-refractivity contribution in [2.75, 3.05) is 11.9 Å².